The van der Waals surface area contributed by atoms with Gasteiger partial charge in [-0.1, -0.05) is 6.07 Å². The molecule has 2 fully saturated rings. The van der Waals surface area contributed by atoms with Crippen LogP contribution in [0.2, 0.25) is 0 Å². The summed E-state index contributed by atoms with van der Waals surface area (Å²) in [6, 6.07) is 3.84. The molecule has 1 saturated heterocycles. The Hall–Kier alpha value is -1.77. The van der Waals surface area contributed by atoms with Crippen LogP contribution in [0.25, 0.3) is 0 Å². The molecule has 1 aliphatic carbocycles. The van der Waals surface area contributed by atoms with Gasteiger partial charge in [-0.2, -0.15) is 0 Å². The summed E-state index contributed by atoms with van der Waals surface area (Å²) in [7, 11) is 0. The van der Waals surface area contributed by atoms with Crippen molar-refractivity contribution in [1.29, 1.82) is 0 Å². The lowest BCUT2D eigenvalue weighted by atomic mass is 9.98. The summed E-state index contributed by atoms with van der Waals surface area (Å²) in [6.07, 6.45) is 2.49. The number of carbonyl (C=O) groups excluding carboxylic acids is 2. The van der Waals surface area contributed by atoms with Gasteiger partial charge in [0.15, 0.2) is 5.13 Å². The van der Waals surface area contributed by atoms with E-state index in [1.165, 1.54) is 22.7 Å². The second-order valence-corrected chi connectivity index (χ2v) is 8.52. The topological polar surface area (TPSA) is 88.3 Å². The van der Waals surface area contributed by atoms with Crippen LogP contribution in [0.4, 0.5) is 5.13 Å². The average molecular weight is 377 g/mol. The van der Waals surface area contributed by atoms with Crippen molar-refractivity contribution in [3.63, 3.8) is 0 Å². The normalized spacial score (nSPS) is 25.2. The molecule has 132 valence electrons. The lowest BCUT2D eigenvalue weighted by Crippen LogP contribution is -2.34. The molecular weight excluding hydrogens is 356 g/mol. The first-order chi connectivity index (χ1) is 12.1. The van der Waals surface area contributed by atoms with Gasteiger partial charge in [0, 0.05) is 24.5 Å². The molecule has 3 heterocycles. The molecule has 0 spiro atoms. The Morgan fingerprint density at radius 1 is 1.32 bits per heavy atom. The third kappa shape index (κ3) is 3.47. The molecule has 2 amide bonds. The third-order valence-electron chi connectivity index (χ3n) is 5.11. The number of fused-ring (bicyclic) bond motifs is 1. The molecule has 8 heteroatoms. The SMILES string of the molecule is NC1CCC2CN(C(=O)Cc3csc(NC(=O)c4cccs4)n3)CC12. The summed E-state index contributed by atoms with van der Waals surface area (Å²) >= 11 is 2.73. The van der Waals surface area contributed by atoms with E-state index >= 15 is 0 Å². The molecule has 3 N–H and O–H groups in total. The number of nitrogens with two attached hydrogens (primary N) is 1. The number of hydrogen-bond acceptors (Lipinski definition) is 6. The minimum Gasteiger partial charge on any atom is -0.342 e. The number of carbonyl (C=O) groups is 2. The van der Waals surface area contributed by atoms with E-state index in [4.69, 9.17) is 5.73 Å². The van der Waals surface area contributed by atoms with Gasteiger partial charge in [0.05, 0.1) is 17.0 Å². The summed E-state index contributed by atoms with van der Waals surface area (Å²) in [5.41, 5.74) is 6.84. The second kappa shape index (κ2) is 6.86. The molecule has 25 heavy (non-hydrogen) atoms. The van der Waals surface area contributed by atoms with Gasteiger partial charge in [0.1, 0.15) is 0 Å². The number of aromatic nitrogens is 1. The van der Waals surface area contributed by atoms with Gasteiger partial charge < -0.3 is 10.6 Å². The molecule has 2 aromatic heterocycles. The van der Waals surface area contributed by atoms with Crippen LogP contribution in [0, 0.1) is 11.8 Å². The zero-order valence-corrected chi connectivity index (χ0v) is 15.3. The van der Waals surface area contributed by atoms with E-state index in [1.807, 2.05) is 21.7 Å². The van der Waals surface area contributed by atoms with E-state index < -0.39 is 0 Å². The van der Waals surface area contributed by atoms with Crippen LogP contribution in [0.5, 0.6) is 0 Å². The number of hydrogen-bond donors (Lipinski definition) is 2. The van der Waals surface area contributed by atoms with Crippen molar-refractivity contribution < 1.29 is 9.59 Å². The molecule has 1 saturated carbocycles. The highest BCUT2D eigenvalue weighted by Crippen LogP contribution is 2.37. The molecule has 3 unspecified atom stereocenters. The first-order valence-electron chi connectivity index (χ1n) is 8.43. The van der Waals surface area contributed by atoms with Crippen molar-refractivity contribution in [3.05, 3.63) is 33.5 Å². The van der Waals surface area contributed by atoms with Gasteiger partial charge in [-0.15, -0.1) is 22.7 Å². The number of rotatable bonds is 4. The van der Waals surface area contributed by atoms with Gasteiger partial charge in [-0.25, -0.2) is 4.98 Å². The molecule has 0 radical (unpaired) electrons. The second-order valence-electron chi connectivity index (χ2n) is 6.72. The molecule has 4 rings (SSSR count). The van der Waals surface area contributed by atoms with Crippen molar-refractivity contribution in [2.75, 3.05) is 18.4 Å². The van der Waals surface area contributed by atoms with Crippen LogP contribution >= 0.6 is 22.7 Å². The highest BCUT2D eigenvalue weighted by molar-refractivity contribution is 7.14. The maximum atomic E-state index is 12.5. The first kappa shape index (κ1) is 16.7. The molecule has 2 aromatic rings. The predicted octanol–water partition coefficient (Wildman–Crippen LogP) is 2.20. The van der Waals surface area contributed by atoms with Gasteiger partial charge in [-0.05, 0) is 36.1 Å². The minimum absolute atomic E-state index is 0.100. The Bertz CT molecular complexity index is 773. The van der Waals surface area contributed by atoms with Crippen molar-refractivity contribution in [2.45, 2.75) is 25.3 Å². The quantitative estimate of drug-likeness (QED) is 0.856. The number of amides is 2. The van der Waals surface area contributed by atoms with Gasteiger partial charge >= 0.3 is 0 Å². The lowest BCUT2D eigenvalue weighted by molar-refractivity contribution is -0.129. The van der Waals surface area contributed by atoms with Gasteiger partial charge in [0.2, 0.25) is 5.91 Å². The zero-order valence-electron chi connectivity index (χ0n) is 13.7. The average Bonchev–Trinajstić information content (AvgIpc) is 3.34. The number of nitrogens with zero attached hydrogens (tertiary/aromatic N) is 2. The highest BCUT2D eigenvalue weighted by Gasteiger charge is 2.42. The van der Waals surface area contributed by atoms with E-state index in [1.54, 1.807) is 6.07 Å². The molecular formula is C17H20N4O2S2. The van der Waals surface area contributed by atoms with E-state index in [9.17, 15) is 9.59 Å². The van der Waals surface area contributed by atoms with E-state index in [2.05, 4.69) is 10.3 Å². The van der Waals surface area contributed by atoms with Crippen LogP contribution in [-0.2, 0) is 11.2 Å². The van der Waals surface area contributed by atoms with Crippen molar-refractivity contribution in [3.8, 4) is 0 Å². The molecule has 0 bridgehead atoms. The van der Waals surface area contributed by atoms with Crippen LogP contribution < -0.4 is 11.1 Å². The number of likely N-dealkylation sites (tertiary alicyclic amines) is 1. The fourth-order valence-corrected chi connectivity index (χ4v) is 5.11. The largest absolute Gasteiger partial charge is 0.342 e. The summed E-state index contributed by atoms with van der Waals surface area (Å²) in [4.78, 5) is 31.5. The fourth-order valence-electron chi connectivity index (χ4n) is 3.79. The lowest BCUT2D eigenvalue weighted by Gasteiger charge is -2.18. The number of thiophene rings is 1. The molecule has 3 atom stereocenters. The first-order valence-corrected chi connectivity index (χ1v) is 10.2. The zero-order chi connectivity index (χ0) is 17.4. The molecule has 2 aliphatic rings. The van der Waals surface area contributed by atoms with Crippen molar-refractivity contribution in [1.82, 2.24) is 9.88 Å². The third-order valence-corrected chi connectivity index (χ3v) is 6.79. The summed E-state index contributed by atoms with van der Waals surface area (Å²) < 4.78 is 0. The van der Waals surface area contributed by atoms with Gasteiger partial charge in [0.25, 0.3) is 5.91 Å². The number of thiazole rings is 1. The standard InChI is InChI=1S/C17H20N4O2S2/c18-13-4-3-10-7-21(8-12(10)13)15(22)6-11-9-25-17(19-11)20-16(23)14-2-1-5-24-14/h1-2,5,9-10,12-13H,3-4,6-8,18H2,(H,19,20,23). The van der Waals surface area contributed by atoms with Crippen molar-refractivity contribution >= 4 is 39.6 Å². The maximum Gasteiger partial charge on any atom is 0.267 e. The van der Waals surface area contributed by atoms with Crippen LogP contribution in [0.1, 0.15) is 28.2 Å². The molecule has 0 aromatic carbocycles. The van der Waals surface area contributed by atoms with E-state index in [-0.39, 0.29) is 24.3 Å². The minimum atomic E-state index is -0.163. The van der Waals surface area contributed by atoms with E-state index in [0.717, 1.165) is 25.9 Å². The maximum absolute atomic E-state index is 12.5. The van der Waals surface area contributed by atoms with E-state index in [0.29, 0.717) is 27.5 Å². The Balaban J connectivity index is 1.33. The smallest absolute Gasteiger partial charge is 0.267 e. The van der Waals surface area contributed by atoms with Crippen molar-refractivity contribution in [2.24, 2.45) is 17.6 Å². The highest BCUT2D eigenvalue weighted by atomic mass is 32.1. The Labute approximate surface area is 154 Å². The Morgan fingerprint density at radius 2 is 2.20 bits per heavy atom. The molecule has 1 aliphatic heterocycles. The summed E-state index contributed by atoms with van der Waals surface area (Å²) in [6.45, 7) is 1.60. The van der Waals surface area contributed by atoms with Gasteiger partial charge in [-0.3, -0.25) is 14.9 Å². The van der Waals surface area contributed by atoms with Crippen LogP contribution in [0.3, 0.4) is 0 Å². The van der Waals surface area contributed by atoms with Crippen LogP contribution in [0.15, 0.2) is 22.9 Å². The monoisotopic (exact) mass is 376 g/mol. The summed E-state index contributed by atoms with van der Waals surface area (Å²) in [5, 5.41) is 7.01. The fraction of sp³-hybridized carbons (Fsp3) is 0.471. The molecule has 6 nitrogen and oxygen atoms in total. The summed E-state index contributed by atoms with van der Waals surface area (Å²) in [5.74, 6) is 0.960. The predicted molar refractivity (Wildman–Crippen MR) is 98.9 cm³/mol. The Morgan fingerprint density at radius 3 is 2.96 bits per heavy atom. The number of anilines is 1. The number of nitrogens with one attached hydrogen (secondary N) is 1. The van der Waals surface area contributed by atoms with Crippen LogP contribution in [-0.4, -0.2) is 40.8 Å². The Kier molecular flexibility index (Phi) is 4.58.